The molecule has 0 fully saturated rings. The molecule has 2 amide bonds. The van der Waals surface area contributed by atoms with Crippen LogP contribution in [0.25, 0.3) is 0 Å². The van der Waals surface area contributed by atoms with Crippen LogP contribution >= 0.6 is 33.3 Å². The second-order valence-corrected chi connectivity index (χ2v) is 14.0. The van der Waals surface area contributed by atoms with E-state index >= 15 is 0 Å². The normalized spacial score (nSPS) is 11.3. The molecular formula is C30H61N3O2S3. The smallest absolute Gasteiger partial charge is 0.221 e. The number of rotatable bonds is 30. The standard InChI is InChI=1S/C30H61N3O2S3/c1-4-5-6-7-8-9-10-11-12-13-14-15-16-17-18-19-24-33(25-20-29(34)31-22-27-36-2)26-21-30(35)32-23-28-38-37-3/h4-28H2,1-3H3,(H,31,34)(H,32,35). The van der Waals surface area contributed by atoms with Crippen molar-refractivity contribution in [3.8, 4) is 0 Å². The maximum absolute atomic E-state index is 12.2. The third kappa shape index (κ3) is 28.9. The molecule has 226 valence electrons. The Morgan fingerprint density at radius 2 is 1.00 bits per heavy atom. The molecule has 0 aliphatic carbocycles. The van der Waals surface area contributed by atoms with Gasteiger partial charge in [0.1, 0.15) is 0 Å². The van der Waals surface area contributed by atoms with Crippen LogP contribution < -0.4 is 10.6 Å². The van der Waals surface area contributed by atoms with Gasteiger partial charge >= 0.3 is 0 Å². The van der Waals surface area contributed by atoms with Crippen LogP contribution in [0.5, 0.6) is 0 Å². The van der Waals surface area contributed by atoms with E-state index in [1.165, 1.54) is 96.3 Å². The molecule has 0 unspecified atom stereocenters. The van der Waals surface area contributed by atoms with Crippen LogP contribution in [-0.2, 0) is 9.59 Å². The van der Waals surface area contributed by atoms with Gasteiger partial charge in [0.15, 0.2) is 0 Å². The lowest BCUT2D eigenvalue weighted by molar-refractivity contribution is -0.121. The van der Waals surface area contributed by atoms with E-state index in [-0.39, 0.29) is 11.8 Å². The Bertz CT molecular complexity index is 527. The molecule has 38 heavy (non-hydrogen) atoms. The van der Waals surface area contributed by atoms with Crippen molar-refractivity contribution >= 4 is 45.2 Å². The van der Waals surface area contributed by atoms with Crippen LogP contribution in [0.15, 0.2) is 0 Å². The number of nitrogens with one attached hydrogen (secondary N) is 2. The third-order valence-electron chi connectivity index (χ3n) is 6.89. The molecule has 0 atom stereocenters. The molecule has 0 bridgehead atoms. The summed E-state index contributed by atoms with van der Waals surface area (Å²) in [7, 11) is 3.50. The summed E-state index contributed by atoms with van der Waals surface area (Å²) in [5, 5.41) is 6.01. The molecule has 0 heterocycles. The first-order valence-corrected chi connectivity index (χ1v) is 19.7. The van der Waals surface area contributed by atoms with Gasteiger partial charge in [-0.2, -0.15) is 11.8 Å². The number of thioether (sulfide) groups is 1. The van der Waals surface area contributed by atoms with Crippen molar-refractivity contribution < 1.29 is 9.59 Å². The van der Waals surface area contributed by atoms with Crippen molar-refractivity contribution in [1.29, 1.82) is 0 Å². The number of unbranched alkanes of at least 4 members (excludes halogenated alkanes) is 15. The molecule has 0 aliphatic rings. The molecule has 0 aromatic heterocycles. The van der Waals surface area contributed by atoms with Gasteiger partial charge in [-0.25, -0.2) is 0 Å². The summed E-state index contributed by atoms with van der Waals surface area (Å²) in [4.78, 5) is 26.7. The van der Waals surface area contributed by atoms with Gasteiger partial charge in [-0.1, -0.05) is 125 Å². The van der Waals surface area contributed by atoms with E-state index in [0.717, 1.165) is 50.7 Å². The monoisotopic (exact) mass is 591 g/mol. The summed E-state index contributed by atoms with van der Waals surface area (Å²) in [5.74, 6) is 2.12. The number of amides is 2. The predicted octanol–water partition coefficient (Wildman–Crippen LogP) is 7.94. The summed E-state index contributed by atoms with van der Waals surface area (Å²) >= 11 is 1.74. The fourth-order valence-corrected chi connectivity index (χ4v) is 5.93. The first kappa shape index (κ1) is 38.0. The Hall–Kier alpha value is -0.0500. The fourth-order valence-electron chi connectivity index (χ4n) is 4.52. The Labute approximate surface area is 248 Å². The molecule has 0 spiro atoms. The topological polar surface area (TPSA) is 61.4 Å². The molecule has 0 aromatic rings. The zero-order valence-electron chi connectivity index (χ0n) is 25.2. The molecule has 0 radical (unpaired) electrons. The van der Waals surface area contributed by atoms with Gasteiger partial charge in [0.05, 0.1) is 0 Å². The molecule has 8 heteroatoms. The minimum atomic E-state index is 0.119. The minimum Gasteiger partial charge on any atom is -0.355 e. The van der Waals surface area contributed by atoms with Crippen LogP contribution in [0.3, 0.4) is 0 Å². The van der Waals surface area contributed by atoms with Crippen molar-refractivity contribution in [2.75, 3.05) is 56.7 Å². The van der Waals surface area contributed by atoms with Gasteiger partial charge in [-0.05, 0) is 25.5 Å². The molecule has 2 N–H and O–H groups in total. The maximum Gasteiger partial charge on any atom is 0.221 e. The molecular weight excluding hydrogens is 531 g/mol. The number of carbonyl (C=O) groups is 2. The van der Waals surface area contributed by atoms with Gasteiger partial charge < -0.3 is 15.5 Å². The van der Waals surface area contributed by atoms with Crippen LogP contribution in [0.2, 0.25) is 0 Å². The molecule has 0 aromatic carbocycles. The largest absolute Gasteiger partial charge is 0.355 e. The molecule has 0 saturated heterocycles. The first-order valence-electron chi connectivity index (χ1n) is 15.5. The van der Waals surface area contributed by atoms with Gasteiger partial charge in [0.2, 0.25) is 11.8 Å². The number of hydrogen-bond donors (Lipinski definition) is 2. The lowest BCUT2D eigenvalue weighted by Crippen LogP contribution is -2.35. The Morgan fingerprint density at radius 3 is 1.42 bits per heavy atom. The Kier molecular flexibility index (Phi) is 31.4. The zero-order valence-corrected chi connectivity index (χ0v) is 27.6. The summed E-state index contributed by atoms with van der Waals surface area (Å²) in [6.07, 6.45) is 27.1. The summed E-state index contributed by atoms with van der Waals surface area (Å²) < 4.78 is 0. The van der Waals surface area contributed by atoms with Crippen LogP contribution in [0.4, 0.5) is 0 Å². The molecule has 0 aliphatic heterocycles. The Morgan fingerprint density at radius 1 is 0.579 bits per heavy atom. The highest BCUT2D eigenvalue weighted by Gasteiger charge is 2.11. The van der Waals surface area contributed by atoms with Gasteiger partial charge in [-0.3, -0.25) is 9.59 Å². The number of carbonyl (C=O) groups excluding carboxylic acids is 2. The SMILES string of the molecule is CCCCCCCCCCCCCCCCCCN(CCC(=O)NCCSC)CCC(=O)NCCSSC. The first-order chi connectivity index (χ1) is 18.6. The molecule has 0 rings (SSSR count). The van der Waals surface area contributed by atoms with Crippen molar-refractivity contribution in [2.45, 2.75) is 122 Å². The van der Waals surface area contributed by atoms with Crippen LogP contribution in [-0.4, -0.2) is 73.5 Å². The van der Waals surface area contributed by atoms with Crippen LogP contribution in [0, 0.1) is 0 Å². The van der Waals surface area contributed by atoms with E-state index in [2.05, 4.69) is 35.0 Å². The number of hydrogen-bond acceptors (Lipinski definition) is 6. The second-order valence-electron chi connectivity index (χ2n) is 10.3. The van der Waals surface area contributed by atoms with Crippen molar-refractivity contribution in [1.82, 2.24) is 15.5 Å². The van der Waals surface area contributed by atoms with E-state index in [0.29, 0.717) is 12.8 Å². The van der Waals surface area contributed by atoms with E-state index in [4.69, 9.17) is 0 Å². The molecule has 5 nitrogen and oxygen atoms in total. The lowest BCUT2D eigenvalue weighted by atomic mass is 10.0. The van der Waals surface area contributed by atoms with Crippen molar-refractivity contribution in [3.63, 3.8) is 0 Å². The van der Waals surface area contributed by atoms with Gasteiger partial charge in [0.25, 0.3) is 0 Å². The lowest BCUT2D eigenvalue weighted by Gasteiger charge is -2.22. The summed E-state index contributed by atoms with van der Waals surface area (Å²) in [6.45, 7) is 6.19. The van der Waals surface area contributed by atoms with Crippen molar-refractivity contribution in [3.05, 3.63) is 0 Å². The second kappa shape index (κ2) is 31.5. The highest BCUT2D eigenvalue weighted by Crippen LogP contribution is 2.15. The van der Waals surface area contributed by atoms with E-state index in [9.17, 15) is 9.59 Å². The average Bonchev–Trinajstić information content (AvgIpc) is 2.92. The van der Waals surface area contributed by atoms with Crippen molar-refractivity contribution in [2.24, 2.45) is 0 Å². The van der Waals surface area contributed by atoms with E-state index < -0.39 is 0 Å². The summed E-state index contributed by atoms with van der Waals surface area (Å²) in [5.41, 5.74) is 0. The van der Waals surface area contributed by atoms with Gasteiger partial charge in [0, 0.05) is 50.5 Å². The third-order valence-corrected chi connectivity index (χ3v) is 9.32. The fraction of sp³-hybridized carbons (Fsp3) is 0.933. The van der Waals surface area contributed by atoms with E-state index in [1.807, 2.05) is 0 Å². The van der Waals surface area contributed by atoms with Gasteiger partial charge in [-0.15, -0.1) is 0 Å². The zero-order chi connectivity index (χ0) is 27.9. The maximum atomic E-state index is 12.2. The number of nitrogens with zero attached hydrogens (tertiary/aromatic N) is 1. The average molecular weight is 592 g/mol. The minimum absolute atomic E-state index is 0.119. The highest BCUT2D eigenvalue weighted by molar-refractivity contribution is 8.76. The quantitative estimate of drug-likeness (QED) is 0.0653. The Balaban J connectivity index is 3.91. The predicted molar refractivity (Wildman–Crippen MR) is 176 cm³/mol. The highest BCUT2D eigenvalue weighted by atomic mass is 33.1. The molecule has 0 saturated carbocycles. The van der Waals surface area contributed by atoms with Crippen LogP contribution in [0.1, 0.15) is 122 Å². The van der Waals surface area contributed by atoms with E-state index in [1.54, 1.807) is 33.3 Å². The summed E-state index contributed by atoms with van der Waals surface area (Å²) in [6, 6.07) is 0.